The minimum Gasteiger partial charge on any atom is -0.355 e. The molecule has 2 saturated heterocycles. The molecular formula is C15H29N3O. The maximum Gasteiger partial charge on any atom is 0.227 e. The first kappa shape index (κ1) is 14.8. The molecule has 2 rings (SSSR count). The molecule has 2 aliphatic heterocycles. The van der Waals surface area contributed by atoms with Gasteiger partial charge >= 0.3 is 0 Å². The van der Waals surface area contributed by atoms with Gasteiger partial charge in [0.15, 0.2) is 0 Å². The second kappa shape index (κ2) is 6.23. The number of nitrogens with one attached hydrogen (secondary N) is 1. The summed E-state index contributed by atoms with van der Waals surface area (Å²) in [5.74, 6) is 0.817. The summed E-state index contributed by atoms with van der Waals surface area (Å²) >= 11 is 0. The van der Waals surface area contributed by atoms with Crippen LogP contribution in [0.4, 0.5) is 0 Å². The number of hydrogen-bond acceptors (Lipinski definition) is 3. The van der Waals surface area contributed by atoms with Crippen LogP contribution in [-0.4, -0.2) is 62.0 Å². The van der Waals surface area contributed by atoms with E-state index in [0.717, 1.165) is 39.0 Å². The van der Waals surface area contributed by atoms with Crippen LogP contribution in [-0.2, 0) is 4.79 Å². The molecule has 0 aromatic heterocycles. The lowest BCUT2D eigenvalue weighted by Gasteiger charge is -2.44. The number of amides is 1. The number of rotatable bonds is 5. The Kier molecular flexibility index (Phi) is 4.85. The summed E-state index contributed by atoms with van der Waals surface area (Å²) in [5.41, 5.74) is -0.137. The lowest BCUT2D eigenvalue weighted by Crippen LogP contribution is -2.56. The molecule has 0 radical (unpaired) electrons. The van der Waals surface area contributed by atoms with Gasteiger partial charge in [-0.25, -0.2) is 0 Å². The average Bonchev–Trinajstić information content (AvgIpc) is 2.33. The van der Waals surface area contributed by atoms with Gasteiger partial charge in [0.1, 0.15) is 0 Å². The number of hydrogen-bond donors (Lipinski definition) is 1. The minimum atomic E-state index is -0.137. The predicted molar refractivity (Wildman–Crippen MR) is 78.1 cm³/mol. The maximum absolute atomic E-state index is 12.7. The molecule has 0 aromatic rings. The number of likely N-dealkylation sites (tertiary alicyclic amines) is 2. The van der Waals surface area contributed by atoms with E-state index in [1.807, 2.05) is 0 Å². The lowest BCUT2D eigenvalue weighted by atomic mass is 9.76. The number of piperidine rings is 1. The van der Waals surface area contributed by atoms with Crippen molar-refractivity contribution >= 4 is 5.91 Å². The van der Waals surface area contributed by atoms with E-state index < -0.39 is 0 Å². The van der Waals surface area contributed by atoms with Crippen molar-refractivity contribution in [1.82, 2.24) is 15.1 Å². The molecular weight excluding hydrogens is 238 g/mol. The third-order valence-electron chi connectivity index (χ3n) is 4.57. The summed E-state index contributed by atoms with van der Waals surface area (Å²) < 4.78 is 0. The van der Waals surface area contributed by atoms with Crippen LogP contribution >= 0.6 is 0 Å². The molecule has 0 unspecified atom stereocenters. The van der Waals surface area contributed by atoms with Gasteiger partial charge in [0.2, 0.25) is 5.91 Å². The Balaban J connectivity index is 1.98. The molecule has 0 saturated carbocycles. The molecule has 1 N–H and O–H groups in total. The van der Waals surface area contributed by atoms with Crippen molar-refractivity contribution in [1.29, 1.82) is 0 Å². The van der Waals surface area contributed by atoms with Crippen LogP contribution in [0.3, 0.4) is 0 Å². The van der Waals surface area contributed by atoms with Gasteiger partial charge in [-0.15, -0.1) is 0 Å². The topological polar surface area (TPSA) is 35.6 Å². The minimum absolute atomic E-state index is 0.137. The molecule has 0 aliphatic carbocycles. The van der Waals surface area contributed by atoms with E-state index in [2.05, 4.69) is 36.0 Å². The van der Waals surface area contributed by atoms with E-state index in [4.69, 9.17) is 0 Å². The van der Waals surface area contributed by atoms with E-state index in [0.29, 0.717) is 11.8 Å². The van der Waals surface area contributed by atoms with Crippen LogP contribution in [0.1, 0.15) is 33.1 Å². The van der Waals surface area contributed by atoms with Crippen LogP contribution in [0.5, 0.6) is 0 Å². The summed E-state index contributed by atoms with van der Waals surface area (Å²) in [6, 6.07) is 0. The maximum atomic E-state index is 12.7. The third-order valence-corrected chi connectivity index (χ3v) is 4.57. The van der Waals surface area contributed by atoms with Gasteiger partial charge in [0, 0.05) is 13.1 Å². The molecule has 0 bridgehead atoms. The third kappa shape index (κ3) is 3.69. The quantitative estimate of drug-likeness (QED) is 0.812. The molecule has 1 amide bonds. The summed E-state index contributed by atoms with van der Waals surface area (Å²) in [5, 5.41) is 3.18. The van der Waals surface area contributed by atoms with Crippen molar-refractivity contribution < 1.29 is 4.79 Å². The fraction of sp³-hybridized carbons (Fsp3) is 0.933. The van der Waals surface area contributed by atoms with Crippen molar-refractivity contribution in [2.75, 3.05) is 46.3 Å². The zero-order valence-corrected chi connectivity index (χ0v) is 12.7. The normalized spacial score (nSPS) is 24.2. The second-order valence-electron chi connectivity index (χ2n) is 6.82. The van der Waals surface area contributed by atoms with E-state index >= 15 is 0 Å². The van der Waals surface area contributed by atoms with E-state index in [9.17, 15) is 4.79 Å². The Morgan fingerprint density at radius 3 is 2.32 bits per heavy atom. The molecule has 2 aliphatic rings. The van der Waals surface area contributed by atoms with Gasteiger partial charge in [-0.3, -0.25) is 4.79 Å². The molecule has 19 heavy (non-hydrogen) atoms. The van der Waals surface area contributed by atoms with E-state index in [-0.39, 0.29) is 5.41 Å². The smallest absolute Gasteiger partial charge is 0.227 e. The molecule has 0 atom stereocenters. The second-order valence-corrected chi connectivity index (χ2v) is 6.82. The van der Waals surface area contributed by atoms with Gasteiger partial charge in [0.25, 0.3) is 0 Å². The highest BCUT2D eigenvalue weighted by Crippen LogP contribution is 2.33. The average molecular weight is 267 g/mol. The first-order valence-corrected chi connectivity index (χ1v) is 7.71. The van der Waals surface area contributed by atoms with Crippen molar-refractivity contribution in [2.45, 2.75) is 33.1 Å². The Labute approximate surface area is 117 Å². The van der Waals surface area contributed by atoms with Gasteiger partial charge in [-0.05, 0) is 58.4 Å². The Morgan fingerprint density at radius 1 is 1.21 bits per heavy atom. The molecule has 0 aromatic carbocycles. The molecule has 2 heterocycles. The molecule has 2 fully saturated rings. The first-order chi connectivity index (χ1) is 9.02. The number of carbonyl (C=O) groups excluding carboxylic acids is 1. The van der Waals surface area contributed by atoms with Gasteiger partial charge in [-0.1, -0.05) is 13.8 Å². The Hall–Kier alpha value is -0.610. The SMILES string of the molecule is CC(C)CNC(=O)C1(CN2CCC2)CCN(C)CC1. The number of nitrogens with zero attached hydrogens (tertiary/aromatic N) is 2. The van der Waals surface area contributed by atoms with Gasteiger partial charge in [-0.2, -0.15) is 0 Å². The van der Waals surface area contributed by atoms with Crippen LogP contribution in [0, 0.1) is 11.3 Å². The standard InChI is InChI=1S/C15H29N3O/c1-13(2)11-16-14(19)15(12-18-7-4-8-18)5-9-17(3)10-6-15/h13H,4-12H2,1-3H3,(H,16,19). The molecule has 110 valence electrons. The fourth-order valence-corrected chi connectivity index (χ4v) is 2.96. The molecule has 4 nitrogen and oxygen atoms in total. The Bertz CT molecular complexity index is 305. The highest BCUT2D eigenvalue weighted by Gasteiger charge is 2.42. The van der Waals surface area contributed by atoms with E-state index in [1.165, 1.54) is 19.5 Å². The highest BCUT2D eigenvalue weighted by atomic mass is 16.2. The zero-order chi connectivity index (χ0) is 13.9. The van der Waals surface area contributed by atoms with Crippen LogP contribution in [0.2, 0.25) is 0 Å². The summed E-state index contributed by atoms with van der Waals surface area (Å²) in [6.45, 7) is 10.5. The summed E-state index contributed by atoms with van der Waals surface area (Å²) in [6.07, 6.45) is 3.30. The lowest BCUT2D eigenvalue weighted by molar-refractivity contribution is -0.136. The first-order valence-electron chi connectivity index (χ1n) is 7.71. The van der Waals surface area contributed by atoms with Gasteiger partial charge in [0.05, 0.1) is 5.41 Å². The summed E-state index contributed by atoms with van der Waals surface area (Å²) in [7, 11) is 2.15. The fourth-order valence-electron chi connectivity index (χ4n) is 2.96. The van der Waals surface area contributed by atoms with Gasteiger partial charge < -0.3 is 15.1 Å². The number of carbonyl (C=O) groups is 1. The van der Waals surface area contributed by atoms with Crippen LogP contribution < -0.4 is 5.32 Å². The summed E-state index contributed by atoms with van der Waals surface area (Å²) in [4.78, 5) is 17.4. The van der Waals surface area contributed by atoms with Crippen LogP contribution in [0.25, 0.3) is 0 Å². The predicted octanol–water partition coefficient (Wildman–Crippen LogP) is 1.18. The van der Waals surface area contributed by atoms with E-state index in [1.54, 1.807) is 0 Å². The largest absolute Gasteiger partial charge is 0.355 e. The van der Waals surface area contributed by atoms with Crippen LogP contribution in [0.15, 0.2) is 0 Å². The van der Waals surface area contributed by atoms with Crippen molar-refractivity contribution in [3.63, 3.8) is 0 Å². The van der Waals surface area contributed by atoms with Crippen molar-refractivity contribution in [2.24, 2.45) is 11.3 Å². The molecule has 4 heteroatoms. The zero-order valence-electron chi connectivity index (χ0n) is 12.7. The van der Waals surface area contributed by atoms with Crippen molar-refractivity contribution in [3.05, 3.63) is 0 Å². The van der Waals surface area contributed by atoms with Crippen molar-refractivity contribution in [3.8, 4) is 0 Å². The highest BCUT2D eigenvalue weighted by molar-refractivity contribution is 5.83. The Morgan fingerprint density at radius 2 is 1.84 bits per heavy atom. The monoisotopic (exact) mass is 267 g/mol. The molecule has 0 spiro atoms.